The smallest absolute Gasteiger partial charge is 0.343 e. The second-order valence-corrected chi connectivity index (χ2v) is 8.60. The number of thioether (sulfide) groups is 1. The molecule has 0 aliphatic heterocycles. The molecule has 0 saturated carbocycles. The maximum atomic E-state index is 12.3. The third-order valence-electron chi connectivity index (χ3n) is 3.63. The highest BCUT2D eigenvalue weighted by atomic mass is 32.2. The molecule has 0 aliphatic rings. The minimum atomic E-state index is -1.47. The first-order chi connectivity index (χ1) is 13.5. The van der Waals surface area contributed by atoms with Gasteiger partial charge in [0.15, 0.2) is 0 Å². The Hall–Kier alpha value is -3.22. The number of benzene rings is 2. The number of carboxylic acid groups (broad SMARTS) is 2. The Morgan fingerprint density at radius 2 is 1.55 bits per heavy atom. The van der Waals surface area contributed by atoms with Crippen molar-refractivity contribution in [1.82, 2.24) is 0 Å². The van der Waals surface area contributed by atoms with Gasteiger partial charge >= 0.3 is 17.9 Å². The summed E-state index contributed by atoms with van der Waals surface area (Å²) in [5.74, 6) is -3.51. The van der Waals surface area contributed by atoms with Gasteiger partial charge < -0.3 is 14.9 Å². The zero-order chi connectivity index (χ0) is 21.8. The van der Waals surface area contributed by atoms with E-state index >= 15 is 0 Å². The molecule has 0 heterocycles. The van der Waals surface area contributed by atoms with E-state index in [1.54, 1.807) is 26.0 Å². The quantitative estimate of drug-likeness (QED) is 0.398. The molecular formula is C20H15NO6S2. The summed E-state index contributed by atoms with van der Waals surface area (Å²) >= 11 is 6.55. The number of nitrogens with zero attached hydrogens (tertiary/aromatic N) is 1. The molecule has 0 aromatic heterocycles. The Balaban J connectivity index is 2.17. The van der Waals surface area contributed by atoms with Crippen molar-refractivity contribution in [1.29, 1.82) is 5.26 Å². The van der Waals surface area contributed by atoms with Gasteiger partial charge in [-0.25, -0.2) is 14.4 Å². The number of hydrogen-bond acceptors (Lipinski definition) is 7. The lowest BCUT2D eigenvalue weighted by Gasteiger charge is -2.15. The zero-order valence-electron chi connectivity index (χ0n) is 15.3. The van der Waals surface area contributed by atoms with Crippen LogP contribution in [0.5, 0.6) is 5.75 Å². The summed E-state index contributed by atoms with van der Waals surface area (Å²) in [7, 11) is 0. The van der Waals surface area contributed by atoms with E-state index in [0.717, 1.165) is 12.1 Å². The van der Waals surface area contributed by atoms with E-state index in [1.165, 1.54) is 30.0 Å². The van der Waals surface area contributed by atoms with Gasteiger partial charge in [-0.15, -0.1) is 0 Å². The van der Waals surface area contributed by atoms with Gasteiger partial charge in [0.1, 0.15) is 10.5 Å². The Morgan fingerprint density at radius 3 is 2.07 bits per heavy atom. The molecule has 148 valence electrons. The SMILES string of the molecule is CC(C)(C#N)SC(=S)c1ccc(OC(=O)c2ccc(C(=O)O)c(C(=O)O)c2)cc1. The fraction of sp³-hybridized carbons (Fsp3) is 0.150. The first-order valence-electron chi connectivity index (χ1n) is 8.11. The molecule has 0 bridgehead atoms. The number of hydrogen-bond donors (Lipinski definition) is 2. The third-order valence-corrected chi connectivity index (χ3v) is 5.14. The van der Waals surface area contributed by atoms with Crippen molar-refractivity contribution >= 4 is 46.1 Å². The van der Waals surface area contributed by atoms with Gasteiger partial charge in [-0.05, 0) is 61.9 Å². The largest absolute Gasteiger partial charge is 0.478 e. The van der Waals surface area contributed by atoms with Crippen molar-refractivity contribution < 1.29 is 29.3 Å². The molecule has 0 spiro atoms. The summed E-state index contributed by atoms with van der Waals surface area (Å²) in [5.41, 5.74) is -0.347. The number of carbonyl (C=O) groups excluding carboxylic acids is 1. The van der Waals surface area contributed by atoms with Crippen LogP contribution in [0.1, 0.15) is 50.5 Å². The van der Waals surface area contributed by atoms with Crippen LogP contribution in [-0.4, -0.2) is 37.1 Å². The van der Waals surface area contributed by atoms with E-state index in [-0.39, 0.29) is 11.3 Å². The van der Waals surface area contributed by atoms with Crippen LogP contribution in [0.25, 0.3) is 0 Å². The fourth-order valence-corrected chi connectivity index (χ4v) is 3.70. The second kappa shape index (κ2) is 8.86. The van der Waals surface area contributed by atoms with Crippen molar-refractivity contribution in [2.45, 2.75) is 18.6 Å². The lowest BCUT2D eigenvalue weighted by Crippen LogP contribution is -2.14. The van der Waals surface area contributed by atoms with Crippen LogP contribution in [0.2, 0.25) is 0 Å². The number of carbonyl (C=O) groups is 3. The van der Waals surface area contributed by atoms with Crippen molar-refractivity contribution in [3.63, 3.8) is 0 Å². The standard InChI is InChI=1S/C20H15NO6S2/c1-20(2,10-21)29-19(28)11-3-6-13(7-4-11)27-18(26)12-5-8-14(16(22)23)15(9-12)17(24)25/h3-9H,1-2H3,(H,22,23)(H,24,25). The Labute approximate surface area is 175 Å². The molecule has 0 amide bonds. The van der Waals surface area contributed by atoms with Gasteiger partial charge in [-0.1, -0.05) is 24.0 Å². The predicted octanol–water partition coefficient (Wildman–Crippen LogP) is 4.01. The van der Waals surface area contributed by atoms with Crippen molar-refractivity contribution in [2.75, 3.05) is 0 Å². The van der Waals surface area contributed by atoms with Crippen LogP contribution in [-0.2, 0) is 0 Å². The summed E-state index contributed by atoms with van der Waals surface area (Å²) in [6.07, 6.45) is 0. The van der Waals surface area contributed by atoms with Crippen LogP contribution >= 0.6 is 24.0 Å². The van der Waals surface area contributed by atoms with E-state index in [1.807, 2.05) is 0 Å². The molecule has 2 rings (SSSR count). The van der Waals surface area contributed by atoms with Crippen LogP contribution in [0.3, 0.4) is 0 Å². The zero-order valence-corrected chi connectivity index (χ0v) is 17.0. The Bertz CT molecular complexity index is 1040. The summed E-state index contributed by atoms with van der Waals surface area (Å²) in [4.78, 5) is 34.6. The Morgan fingerprint density at radius 1 is 1.00 bits per heavy atom. The summed E-state index contributed by atoms with van der Waals surface area (Å²) in [6.45, 7) is 3.50. The number of esters is 1. The van der Waals surface area contributed by atoms with Crippen LogP contribution in [0, 0.1) is 11.3 Å². The van der Waals surface area contributed by atoms with Gasteiger partial charge in [-0.3, -0.25) is 0 Å². The number of aromatic carboxylic acids is 2. The van der Waals surface area contributed by atoms with Crippen molar-refractivity contribution in [3.8, 4) is 11.8 Å². The molecule has 0 unspecified atom stereocenters. The molecule has 0 aliphatic carbocycles. The lowest BCUT2D eigenvalue weighted by atomic mass is 10.0. The molecule has 2 aromatic carbocycles. The highest BCUT2D eigenvalue weighted by Crippen LogP contribution is 2.29. The van der Waals surface area contributed by atoms with E-state index in [0.29, 0.717) is 9.76 Å². The van der Waals surface area contributed by atoms with Crippen LogP contribution < -0.4 is 4.74 Å². The van der Waals surface area contributed by atoms with Gasteiger partial charge in [0.05, 0.1) is 27.0 Å². The van der Waals surface area contributed by atoms with E-state index in [9.17, 15) is 14.4 Å². The number of nitriles is 1. The molecule has 29 heavy (non-hydrogen) atoms. The van der Waals surface area contributed by atoms with Crippen molar-refractivity contribution in [3.05, 3.63) is 64.7 Å². The van der Waals surface area contributed by atoms with Crippen molar-refractivity contribution in [2.24, 2.45) is 0 Å². The van der Waals surface area contributed by atoms with E-state index < -0.39 is 33.8 Å². The second-order valence-electron chi connectivity index (χ2n) is 6.30. The Kier molecular flexibility index (Phi) is 6.74. The molecule has 9 heteroatoms. The average Bonchev–Trinajstić information content (AvgIpc) is 2.67. The topological polar surface area (TPSA) is 125 Å². The average molecular weight is 429 g/mol. The molecule has 0 fully saturated rings. The summed E-state index contributed by atoms with van der Waals surface area (Å²) < 4.78 is 5.05. The fourth-order valence-electron chi connectivity index (χ4n) is 2.17. The molecular weight excluding hydrogens is 414 g/mol. The molecule has 0 radical (unpaired) electrons. The maximum Gasteiger partial charge on any atom is 0.343 e. The molecule has 2 N–H and O–H groups in total. The monoisotopic (exact) mass is 429 g/mol. The van der Waals surface area contributed by atoms with Gasteiger partial charge in [0, 0.05) is 0 Å². The first-order valence-corrected chi connectivity index (χ1v) is 9.34. The number of ether oxygens (including phenoxy) is 1. The van der Waals surface area contributed by atoms with Crippen LogP contribution in [0.4, 0.5) is 0 Å². The highest BCUT2D eigenvalue weighted by molar-refractivity contribution is 8.24. The first kappa shape index (κ1) is 22.1. The highest BCUT2D eigenvalue weighted by Gasteiger charge is 2.21. The van der Waals surface area contributed by atoms with Gasteiger partial charge in [0.25, 0.3) is 0 Å². The predicted molar refractivity (Wildman–Crippen MR) is 111 cm³/mol. The molecule has 0 saturated heterocycles. The van der Waals surface area contributed by atoms with E-state index in [2.05, 4.69) is 6.07 Å². The van der Waals surface area contributed by atoms with E-state index in [4.69, 9.17) is 32.4 Å². The van der Waals surface area contributed by atoms with Gasteiger partial charge in [-0.2, -0.15) is 5.26 Å². The number of thiocarbonyl (C=S) groups is 1. The molecule has 2 aromatic rings. The van der Waals surface area contributed by atoms with Gasteiger partial charge in [0.2, 0.25) is 0 Å². The number of rotatable bonds is 6. The normalized spacial score (nSPS) is 10.7. The summed E-state index contributed by atoms with van der Waals surface area (Å²) in [5, 5.41) is 27.3. The maximum absolute atomic E-state index is 12.3. The summed E-state index contributed by atoms with van der Waals surface area (Å²) in [6, 6.07) is 11.6. The lowest BCUT2D eigenvalue weighted by molar-refractivity contribution is 0.0650. The van der Waals surface area contributed by atoms with Crippen LogP contribution in [0.15, 0.2) is 42.5 Å². The third kappa shape index (κ3) is 5.63. The minimum Gasteiger partial charge on any atom is -0.478 e. The molecule has 0 atom stereocenters. The molecule has 7 nitrogen and oxygen atoms in total. The number of carboxylic acids is 2. The minimum absolute atomic E-state index is 0.0988.